The summed E-state index contributed by atoms with van der Waals surface area (Å²) in [5.74, 6) is -0.183. The number of hydrogen-bond acceptors (Lipinski definition) is 4. The minimum absolute atomic E-state index is 0.0444. The molecule has 2 saturated heterocycles. The molecule has 1 aromatic heterocycles. The van der Waals surface area contributed by atoms with E-state index >= 15 is 0 Å². The van der Waals surface area contributed by atoms with Gasteiger partial charge in [-0.15, -0.1) is 0 Å². The Bertz CT molecular complexity index is 794. The quantitative estimate of drug-likeness (QED) is 0.814. The first-order valence-electron chi connectivity index (χ1n) is 10.2. The Hall–Kier alpha value is -2.63. The standard InChI is InChI=1S/C22H27FN4O/c23-19-5-7-20(8-6-19)26-11-13-27(14-12-26)22(28)18-15-21(17-24-16-18)25-9-3-1-2-4-10-25/h5-8,15-17H,1-4,9-14H2. The van der Waals surface area contributed by atoms with E-state index in [1.165, 1.54) is 37.8 Å². The predicted octanol–water partition coefficient (Wildman–Crippen LogP) is 3.56. The summed E-state index contributed by atoms with van der Waals surface area (Å²) in [5.41, 5.74) is 2.72. The highest BCUT2D eigenvalue weighted by Crippen LogP contribution is 2.22. The number of hydrogen-bond donors (Lipinski definition) is 0. The minimum Gasteiger partial charge on any atom is -0.370 e. The molecular weight excluding hydrogens is 355 g/mol. The van der Waals surface area contributed by atoms with Crippen molar-refractivity contribution in [1.29, 1.82) is 0 Å². The molecule has 0 unspecified atom stereocenters. The van der Waals surface area contributed by atoms with Gasteiger partial charge in [-0.3, -0.25) is 9.78 Å². The monoisotopic (exact) mass is 382 g/mol. The molecule has 0 radical (unpaired) electrons. The van der Waals surface area contributed by atoms with Crippen molar-refractivity contribution < 1.29 is 9.18 Å². The third-order valence-electron chi connectivity index (χ3n) is 5.70. The summed E-state index contributed by atoms with van der Waals surface area (Å²) in [6.45, 7) is 4.88. The van der Waals surface area contributed by atoms with Crippen molar-refractivity contribution in [3.05, 3.63) is 54.1 Å². The Morgan fingerprint density at radius 1 is 0.786 bits per heavy atom. The molecule has 2 aliphatic rings. The van der Waals surface area contributed by atoms with E-state index in [9.17, 15) is 9.18 Å². The number of pyridine rings is 1. The number of rotatable bonds is 3. The highest BCUT2D eigenvalue weighted by atomic mass is 19.1. The van der Waals surface area contributed by atoms with Crippen LogP contribution in [0.3, 0.4) is 0 Å². The number of aromatic nitrogens is 1. The summed E-state index contributed by atoms with van der Waals surface area (Å²) >= 11 is 0. The zero-order chi connectivity index (χ0) is 19.3. The van der Waals surface area contributed by atoms with Crippen molar-refractivity contribution in [1.82, 2.24) is 9.88 Å². The fourth-order valence-electron chi connectivity index (χ4n) is 4.05. The zero-order valence-electron chi connectivity index (χ0n) is 16.2. The highest BCUT2D eigenvalue weighted by molar-refractivity contribution is 5.95. The Balaban J connectivity index is 1.39. The summed E-state index contributed by atoms with van der Waals surface area (Å²) in [4.78, 5) is 23.8. The second-order valence-corrected chi connectivity index (χ2v) is 7.59. The minimum atomic E-state index is -0.227. The number of carbonyl (C=O) groups excluding carboxylic acids is 1. The highest BCUT2D eigenvalue weighted by Gasteiger charge is 2.23. The van der Waals surface area contributed by atoms with Crippen LogP contribution in [-0.4, -0.2) is 55.1 Å². The van der Waals surface area contributed by atoms with Crippen LogP contribution in [-0.2, 0) is 0 Å². The molecule has 3 heterocycles. The van der Waals surface area contributed by atoms with Crippen LogP contribution in [0.15, 0.2) is 42.7 Å². The molecule has 0 N–H and O–H groups in total. The van der Waals surface area contributed by atoms with Gasteiger partial charge >= 0.3 is 0 Å². The Morgan fingerprint density at radius 3 is 2.11 bits per heavy atom. The van der Waals surface area contributed by atoms with Crippen molar-refractivity contribution >= 4 is 17.3 Å². The summed E-state index contributed by atoms with van der Waals surface area (Å²) < 4.78 is 13.1. The van der Waals surface area contributed by atoms with Crippen molar-refractivity contribution in [2.45, 2.75) is 25.7 Å². The van der Waals surface area contributed by atoms with Gasteiger partial charge in [0.05, 0.1) is 17.4 Å². The van der Waals surface area contributed by atoms with Crippen molar-refractivity contribution in [2.24, 2.45) is 0 Å². The lowest BCUT2D eigenvalue weighted by Crippen LogP contribution is -2.48. The van der Waals surface area contributed by atoms with Crippen LogP contribution >= 0.6 is 0 Å². The van der Waals surface area contributed by atoms with Gasteiger partial charge < -0.3 is 14.7 Å². The lowest BCUT2D eigenvalue weighted by atomic mass is 10.2. The van der Waals surface area contributed by atoms with Crippen molar-refractivity contribution in [3.63, 3.8) is 0 Å². The average Bonchev–Trinajstić information content (AvgIpc) is 3.04. The van der Waals surface area contributed by atoms with E-state index in [-0.39, 0.29) is 11.7 Å². The third-order valence-corrected chi connectivity index (χ3v) is 5.70. The summed E-state index contributed by atoms with van der Waals surface area (Å²) in [6, 6.07) is 8.54. The summed E-state index contributed by atoms with van der Waals surface area (Å²) in [7, 11) is 0. The zero-order valence-corrected chi connectivity index (χ0v) is 16.2. The molecule has 5 nitrogen and oxygen atoms in total. The largest absolute Gasteiger partial charge is 0.370 e. The lowest BCUT2D eigenvalue weighted by molar-refractivity contribution is 0.0746. The van der Waals surface area contributed by atoms with Gasteiger partial charge in [0, 0.05) is 51.2 Å². The van der Waals surface area contributed by atoms with E-state index in [0.29, 0.717) is 18.7 Å². The molecule has 0 bridgehead atoms. The Morgan fingerprint density at radius 2 is 1.43 bits per heavy atom. The number of carbonyl (C=O) groups is 1. The smallest absolute Gasteiger partial charge is 0.255 e. The van der Waals surface area contributed by atoms with Crippen LogP contribution in [0.5, 0.6) is 0 Å². The molecule has 0 saturated carbocycles. The molecule has 28 heavy (non-hydrogen) atoms. The van der Waals surface area contributed by atoms with Crippen LogP contribution in [0.2, 0.25) is 0 Å². The van der Waals surface area contributed by atoms with Gasteiger partial charge in [-0.05, 0) is 43.2 Å². The Kier molecular flexibility index (Phi) is 5.74. The van der Waals surface area contributed by atoms with Gasteiger partial charge in [0.15, 0.2) is 0 Å². The lowest BCUT2D eigenvalue weighted by Gasteiger charge is -2.36. The molecule has 2 aromatic rings. The fourth-order valence-corrected chi connectivity index (χ4v) is 4.05. The van der Waals surface area contributed by atoms with E-state index in [0.717, 1.165) is 37.6 Å². The Labute approximate surface area is 165 Å². The average molecular weight is 382 g/mol. The van der Waals surface area contributed by atoms with Crippen molar-refractivity contribution in [2.75, 3.05) is 49.1 Å². The third kappa shape index (κ3) is 4.26. The van der Waals surface area contributed by atoms with Gasteiger partial charge in [-0.2, -0.15) is 0 Å². The molecule has 4 rings (SSSR count). The van der Waals surface area contributed by atoms with E-state index in [2.05, 4.69) is 14.8 Å². The fraction of sp³-hybridized carbons (Fsp3) is 0.455. The first-order chi connectivity index (χ1) is 13.7. The van der Waals surface area contributed by atoms with Gasteiger partial charge in [-0.25, -0.2) is 4.39 Å². The van der Waals surface area contributed by atoms with E-state index < -0.39 is 0 Å². The number of halogens is 1. The summed E-state index contributed by atoms with van der Waals surface area (Å²) in [6.07, 6.45) is 8.50. The SMILES string of the molecule is O=C(c1cncc(N2CCCCCC2)c1)N1CCN(c2ccc(F)cc2)CC1. The number of anilines is 2. The number of amides is 1. The van der Waals surface area contributed by atoms with E-state index in [1.807, 2.05) is 17.2 Å². The normalized spacial score (nSPS) is 18.1. The molecule has 2 aliphatic heterocycles. The molecule has 0 aliphatic carbocycles. The molecule has 1 aromatic carbocycles. The molecule has 6 heteroatoms. The van der Waals surface area contributed by atoms with Gasteiger partial charge in [0.1, 0.15) is 5.82 Å². The van der Waals surface area contributed by atoms with Gasteiger partial charge in [-0.1, -0.05) is 12.8 Å². The van der Waals surface area contributed by atoms with Crippen LogP contribution in [0.4, 0.5) is 15.8 Å². The van der Waals surface area contributed by atoms with Crippen LogP contribution in [0.25, 0.3) is 0 Å². The van der Waals surface area contributed by atoms with Crippen LogP contribution < -0.4 is 9.80 Å². The molecule has 148 valence electrons. The molecule has 0 spiro atoms. The molecule has 0 atom stereocenters. The topological polar surface area (TPSA) is 39.7 Å². The number of nitrogens with zero attached hydrogens (tertiary/aromatic N) is 4. The maximum atomic E-state index is 13.1. The molecular formula is C22H27FN4O. The predicted molar refractivity (Wildman–Crippen MR) is 109 cm³/mol. The van der Waals surface area contributed by atoms with Gasteiger partial charge in [0.2, 0.25) is 0 Å². The second-order valence-electron chi connectivity index (χ2n) is 7.59. The van der Waals surface area contributed by atoms with Crippen LogP contribution in [0.1, 0.15) is 36.0 Å². The van der Waals surface area contributed by atoms with Crippen LogP contribution in [0, 0.1) is 5.82 Å². The number of piperazine rings is 1. The molecule has 2 fully saturated rings. The van der Waals surface area contributed by atoms with E-state index in [1.54, 1.807) is 18.3 Å². The molecule has 1 amide bonds. The van der Waals surface area contributed by atoms with Gasteiger partial charge in [0.25, 0.3) is 5.91 Å². The first-order valence-corrected chi connectivity index (χ1v) is 10.2. The van der Waals surface area contributed by atoms with Crippen molar-refractivity contribution in [3.8, 4) is 0 Å². The maximum Gasteiger partial charge on any atom is 0.255 e. The summed E-state index contributed by atoms with van der Waals surface area (Å²) in [5, 5.41) is 0. The van der Waals surface area contributed by atoms with E-state index in [4.69, 9.17) is 0 Å². The first kappa shape index (κ1) is 18.7. The second kappa shape index (κ2) is 8.59. The maximum absolute atomic E-state index is 13.1. The number of benzene rings is 1.